The van der Waals surface area contributed by atoms with Crippen LogP contribution in [-0.4, -0.2) is 17.7 Å². The van der Waals surface area contributed by atoms with Gasteiger partial charge in [-0.05, 0) is 23.3 Å². The molecule has 0 aliphatic carbocycles. The number of oxime groups is 1. The maximum atomic E-state index is 12.1. The van der Waals surface area contributed by atoms with Gasteiger partial charge in [-0.2, -0.15) is 0 Å². The summed E-state index contributed by atoms with van der Waals surface area (Å²) < 4.78 is 0. The predicted molar refractivity (Wildman–Crippen MR) is 85.8 cm³/mol. The van der Waals surface area contributed by atoms with Gasteiger partial charge in [-0.1, -0.05) is 59.2 Å². The molecule has 2 aromatic carbocycles. The second-order valence-electron chi connectivity index (χ2n) is 5.05. The number of carbonyl (C=O) groups excluding carboxylic acids is 1. The fourth-order valence-electron chi connectivity index (χ4n) is 2.22. The minimum atomic E-state index is -0.567. The molecule has 1 atom stereocenters. The fraction of sp³-hybridized carbons (Fsp3) is 0.176. The Labute approximate surface area is 133 Å². The summed E-state index contributed by atoms with van der Waals surface area (Å²) >= 11 is 5.83. The first-order valence-electron chi connectivity index (χ1n) is 7.02. The first kappa shape index (κ1) is 14.6. The van der Waals surface area contributed by atoms with Crippen molar-refractivity contribution in [2.24, 2.45) is 5.16 Å². The number of nitrogens with one attached hydrogen (secondary N) is 1. The number of nitrogens with zero attached hydrogens (tertiary/aromatic N) is 1. The Hall–Kier alpha value is -2.33. The highest BCUT2D eigenvalue weighted by Crippen LogP contribution is 2.17. The van der Waals surface area contributed by atoms with Gasteiger partial charge in [-0.25, -0.2) is 0 Å². The second kappa shape index (κ2) is 6.62. The van der Waals surface area contributed by atoms with Crippen LogP contribution >= 0.6 is 11.6 Å². The van der Waals surface area contributed by atoms with Crippen LogP contribution in [0.3, 0.4) is 0 Å². The third kappa shape index (κ3) is 3.46. The molecular weight excluding hydrogens is 300 g/mol. The standard InChI is InChI=1S/C17H15ClN2O2/c18-14-8-6-12(7-9-14)11-19-17(21)16-10-15(20-22-16)13-4-2-1-3-5-13/h1-9,16H,10-11H2,(H,19,21)/t16-/m1/s1. The summed E-state index contributed by atoms with van der Waals surface area (Å²) in [6.07, 6.45) is -0.0845. The summed E-state index contributed by atoms with van der Waals surface area (Å²) in [6, 6.07) is 17.1. The van der Waals surface area contributed by atoms with Crippen molar-refractivity contribution in [3.05, 3.63) is 70.7 Å². The van der Waals surface area contributed by atoms with Crippen molar-refractivity contribution in [1.82, 2.24) is 5.32 Å². The Bertz CT molecular complexity index is 684. The lowest BCUT2D eigenvalue weighted by molar-refractivity contribution is -0.131. The zero-order chi connectivity index (χ0) is 15.4. The summed E-state index contributed by atoms with van der Waals surface area (Å²) in [4.78, 5) is 17.4. The van der Waals surface area contributed by atoms with Crippen molar-refractivity contribution >= 4 is 23.2 Å². The van der Waals surface area contributed by atoms with Gasteiger partial charge >= 0.3 is 0 Å². The molecule has 1 amide bonds. The molecule has 0 fully saturated rings. The van der Waals surface area contributed by atoms with Crippen molar-refractivity contribution < 1.29 is 9.63 Å². The monoisotopic (exact) mass is 314 g/mol. The molecule has 0 aromatic heterocycles. The normalized spacial score (nSPS) is 16.8. The smallest absolute Gasteiger partial charge is 0.264 e. The van der Waals surface area contributed by atoms with Gasteiger partial charge in [0.2, 0.25) is 6.10 Å². The van der Waals surface area contributed by atoms with E-state index in [0.29, 0.717) is 18.0 Å². The zero-order valence-electron chi connectivity index (χ0n) is 11.8. The molecular formula is C17H15ClN2O2. The lowest BCUT2D eigenvalue weighted by atomic mass is 10.0. The molecule has 0 saturated heterocycles. The van der Waals surface area contributed by atoms with E-state index >= 15 is 0 Å². The van der Waals surface area contributed by atoms with E-state index in [4.69, 9.17) is 16.4 Å². The topological polar surface area (TPSA) is 50.7 Å². The van der Waals surface area contributed by atoms with Crippen molar-refractivity contribution in [2.45, 2.75) is 19.1 Å². The van der Waals surface area contributed by atoms with Crippen LogP contribution in [0, 0.1) is 0 Å². The third-order valence-corrected chi connectivity index (χ3v) is 3.70. The fourth-order valence-corrected chi connectivity index (χ4v) is 2.35. The average Bonchev–Trinajstić information content (AvgIpc) is 3.05. The number of benzene rings is 2. The van der Waals surface area contributed by atoms with Crippen LogP contribution in [0.4, 0.5) is 0 Å². The Kier molecular flexibility index (Phi) is 4.39. The van der Waals surface area contributed by atoms with E-state index in [2.05, 4.69) is 10.5 Å². The summed E-state index contributed by atoms with van der Waals surface area (Å²) in [5.74, 6) is -0.162. The Balaban J connectivity index is 1.53. The highest BCUT2D eigenvalue weighted by molar-refractivity contribution is 6.30. The Morgan fingerprint density at radius 2 is 1.91 bits per heavy atom. The van der Waals surface area contributed by atoms with Crippen LogP contribution in [0.15, 0.2) is 59.8 Å². The molecule has 22 heavy (non-hydrogen) atoms. The molecule has 1 N–H and O–H groups in total. The molecule has 5 heteroatoms. The summed E-state index contributed by atoms with van der Waals surface area (Å²) in [7, 11) is 0. The summed E-state index contributed by atoms with van der Waals surface area (Å²) in [5, 5.41) is 7.54. The first-order chi connectivity index (χ1) is 10.7. The van der Waals surface area contributed by atoms with Crippen molar-refractivity contribution in [1.29, 1.82) is 0 Å². The van der Waals surface area contributed by atoms with Crippen LogP contribution in [0.2, 0.25) is 5.02 Å². The molecule has 1 aliphatic heterocycles. The van der Waals surface area contributed by atoms with Crippen LogP contribution in [-0.2, 0) is 16.2 Å². The Morgan fingerprint density at radius 1 is 1.18 bits per heavy atom. The largest absolute Gasteiger partial charge is 0.382 e. The number of hydrogen-bond acceptors (Lipinski definition) is 3. The molecule has 0 saturated carbocycles. The van der Waals surface area contributed by atoms with Crippen LogP contribution < -0.4 is 5.32 Å². The third-order valence-electron chi connectivity index (χ3n) is 3.45. The second-order valence-corrected chi connectivity index (χ2v) is 5.48. The summed E-state index contributed by atoms with van der Waals surface area (Å²) in [6.45, 7) is 0.441. The van der Waals surface area contributed by atoms with Crippen LogP contribution in [0.1, 0.15) is 17.5 Å². The van der Waals surface area contributed by atoms with Gasteiger partial charge in [-0.15, -0.1) is 0 Å². The lowest BCUT2D eigenvalue weighted by Crippen LogP contribution is -2.34. The molecule has 0 bridgehead atoms. The molecule has 1 heterocycles. The molecule has 0 spiro atoms. The lowest BCUT2D eigenvalue weighted by Gasteiger charge is -2.09. The van der Waals surface area contributed by atoms with E-state index in [0.717, 1.165) is 16.8 Å². The van der Waals surface area contributed by atoms with Gasteiger partial charge in [0.25, 0.3) is 5.91 Å². The van der Waals surface area contributed by atoms with E-state index in [-0.39, 0.29) is 5.91 Å². The first-order valence-corrected chi connectivity index (χ1v) is 7.40. The number of rotatable bonds is 4. The maximum Gasteiger partial charge on any atom is 0.264 e. The Morgan fingerprint density at radius 3 is 2.64 bits per heavy atom. The number of carbonyl (C=O) groups is 1. The molecule has 1 aliphatic rings. The van der Waals surface area contributed by atoms with Gasteiger partial charge in [0.1, 0.15) is 0 Å². The van der Waals surface area contributed by atoms with Crippen LogP contribution in [0.25, 0.3) is 0 Å². The highest BCUT2D eigenvalue weighted by atomic mass is 35.5. The van der Waals surface area contributed by atoms with E-state index in [1.54, 1.807) is 12.1 Å². The summed E-state index contributed by atoms with van der Waals surface area (Å²) in [5.41, 5.74) is 2.77. The van der Waals surface area contributed by atoms with E-state index < -0.39 is 6.10 Å². The van der Waals surface area contributed by atoms with Gasteiger partial charge in [0, 0.05) is 18.0 Å². The average molecular weight is 315 g/mol. The van der Waals surface area contributed by atoms with Crippen molar-refractivity contribution in [3.63, 3.8) is 0 Å². The van der Waals surface area contributed by atoms with Crippen molar-refractivity contribution in [3.8, 4) is 0 Å². The molecule has 3 rings (SSSR count). The van der Waals surface area contributed by atoms with Gasteiger partial charge in [-0.3, -0.25) is 4.79 Å². The van der Waals surface area contributed by atoms with Gasteiger partial charge in [0.15, 0.2) is 0 Å². The molecule has 0 radical (unpaired) electrons. The SMILES string of the molecule is O=C(NCc1ccc(Cl)cc1)[C@H]1CC(c2ccccc2)=NO1. The zero-order valence-corrected chi connectivity index (χ0v) is 12.6. The molecule has 0 unspecified atom stereocenters. The van der Waals surface area contributed by atoms with Crippen LogP contribution in [0.5, 0.6) is 0 Å². The maximum absolute atomic E-state index is 12.1. The van der Waals surface area contributed by atoms with E-state index in [9.17, 15) is 4.79 Å². The predicted octanol–water partition coefficient (Wildman–Crippen LogP) is 3.15. The molecule has 2 aromatic rings. The highest BCUT2D eigenvalue weighted by Gasteiger charge is 2.28. The number of hydrogen-bond donors (Lipinski definition) is 1. The molecule has 4 nitrogen and oxygen atoms in total. The number of halogens is 1. The minimum absolute atomic E-state index is 0.162. The van der Waals surface area contributed by atoms with E-state index in [1.807, 2.05) is 42.5 Å². The van der Waals surface area contributed by atoms with Crippen molar-refractivity contribution in [2.75, 3.05) is 0 Å². The minimum Gasteiger partial charge on any atom is -0.382 e. The number of amides is 1. The van der Waals surface area contributed by atoms with E-state index in [1.165, 1.54) is 0 Å². The van der Waals surface area contributed by atoms with Gasteiger partial charge in [0.05, 0.1) is 5.71 Å². The quantitative estimate of drug-likeness (QED) is 0.942. The van der Waals surface area contributed by atoms with Gasteiger partial charge < -0.3 is 10.2 Å². The molecule has 112 valence electrons.